The van der Waals surface area contributed by atoms with Crippen LogP contribution in [0.3, 0.4) is 0 Å². The van der Waals surface area contributed by atoms with Gasteiger partial charge in [-0.15, -0.1) is 0 Å². The molecule has 4 heteroatoms. The Kier molecular flexibility index (Phi) is 2.65. The smallest absolute Gasteiger partial charge is 0.162 e. The summed E-state index contributed by atoms with van der Waals surface area (Å²) in [7, 11) is 2.04. The molecule has 14 heavy (non-hydrogen) atoms. The molecule has 76 valence electrons. The van der Waals surface area contributed by atoms with E-state index in [-0.39, 0.29) is 11.9 Å². The summed E-state index contributed by atoms with van der Waals surface area (Å²) in [4.78, 5) is 2.17. The highest BCUT2D eigenvalue weighted by atomic mass is 79.9. The summed E-state index contributed by atoms with van der Waals surface area (Å²) in [6, 6.07) is 5.20. The lowest BCUT2D eigenvalue weighted by Crippen LogP contribution is -2.51. The molecule has 0 amide bonds. The van der Waals surface area contributed by atoms with Crippen molar-refractivity contribution in [3.05, 3.63) is 22.7 Å². The van der Waals surface area contributed by atoms with Gasteiger partial charge in [-0.05, 0) is 25.2 Å². The lowest BCUT2D eigenvalue weighted by Gasteiger charge is -2.36. The Morgan fingerprint density at radius 3 is 2.86 bits per heavy atom. The number of aromatic hydroxyl groups is 1. The van der Waals surface area contributed by atoms with E-state index in [1.165, 1.54) is 0 Å². The summed E-state index contributed by atoms with van der Waals surface area (Å²) in [5.74, 6) is 0.750. The Bertz CT molecular complexity index is 337. The minimum atomic E-state index is 0.197. The summed E-state index contributed by atoms with van der Waals surface area (Å²) in [6.45, 7) is 1.85. The molecule has 1 aliphatic heterocycles. The Morgan fingerprint density at radius 1 is 1.50 bits per heavy atom. The number of benzene rings is 1. The van der Waals surface area contributed by atoms with E-state index in [1.54, 1.807) is 18.2 Å². The monoisotopic (exact) mass is 257 g/mol. The molecule has 0 aliphatic carbocycles. The molecular weight excluding hydrogens is 246 g/mol. The van der Waals surface area contributed by atoms with E-state index >= 15 is 0 Å². The molecule has 0 bridgehead atoms. The predicted octanol–water partition coefficient (Wildman–Crippen LogP) is 1.85. The van der Waals surface area contributed by atoms with Gasteiger partial charge in [-0.3, -0.25) is 4.90 Å². The van der Waals surface area contributed by atoms with Crippen LogP contribution in [-0.4, -0.2) is 36.2 Å². The largest absolute Gasteiger partial charge is 0.504 e. The quantitative estimate of drug-likeness (QED) is 0.878. The Balaban J connectivity index is 2.05. The summed E-state index contributed by atoms with van der Waals surface area (Å²) < 4.78 is 6.53. The van der Waals surface area contributed by atoms with Crippen molar-refractivity contribution in [3.8, 4) is 11.5 Å². The molecule has 1 fully saturated rings. The Hall–Kier alpha value is -0.740. The fourth-order valence-electron chi connectivity index (χ4n) is 1.48. The average Bonchev–Trinajstić information content (AvgIpc) is 2.09. The van der Waals surface area contributed by atoms with E-state index in [4.69, 9.17) is 4.74 Å². The number of phenols is 1. The Morgan fingerprint density at radius 2 is 2.21 bits per heavy atom. The van der Waals surface area contributed by atoms with Crippen LogP contribution in [0.5, 0.6) is 11.5 Å². The average molecular weight is 258 g/mol. The van der Waals surface area contributed by atoms with Gasteiger partial charge in [-0.2, -0.15) is 0 Å². The van der Waals surface area contributed by atoms with Crippen molar-refractivity contribution < 1.29 is 9.84 Å². The number of likely N-dealkylation sites (N-methyl/N-ethyl adjacent to an activating group) is 1. The number of hydrogen-bond acceptors (Lipinski definition) is 3. The molecule has 1 N–H and O–H groups in total. The predicted molar refractivity (Wildman–Crippen MR) is 57.7 cm³/mol. The minimum Gasteiger partial charge on any atom is -0.504 e. The maximum Gasteiger partial charge on any atom is 0.162 e. The van der Waals surface area contributed by atoms with Crippen molar-refractivity contribution >= 4 is 15.9 Å². The second kappa shape index (κ2) is 3.79. The lowest BCUT2D eigenvalue weighted by atomic mass is 10.2. The van der Waals surface area contributed by atoms with E-state index in [2.05, 4.69) is 20.8 Å². The number of phenolic OH excluding ortho intramolecular Hbond substituents is 1. The van der Waals surface area contributed by atoms with E-state index in [0.29, 0.717) is 5.75 Å². The molecule has 1 aliphatic rings. The number of likely N-dealkylation sites (tertiary alicyclic amines) is 1. The molecule has 1 saturated heterocycles. The second-order valence-corrected chi connectivity index (χ2v) is 4.49. The van der Waals surface area contributed by atoms with Gasteiger partial charge in [0.15, 0.2) is 11.5 Å². The Labute approximate surface area is 91.4 Å². The molecular formula is C10H12BrNO2. The number of nitrogens with zero attached hydrogens (tertiary/aromatic N) is 1. The SMILES string of the molecule is CN1CC(Oc2cc(Br)ccc2O)C1. The highest BCUT2D eigenvalue weighted by Crippen LogP contribution is 2.30. The highest BCUT2D eigenvalue weighted by Gasteiger charge is 2.25. The lowest BCUT2D eigenvalue weighted by molar-refractivity contribution is 0.0369. The molecule has 0 saturated carbocycles. The van der Waals surface area contributed by atoms with E-state index < -0.39 is 0 Å². The van der Waals surface area contributed by atoms with Crippen LogP contribution < -0.4 is 4.74 Å². The van der Waals surface area contributed by atoms with Crippen LogP contribution in [0.2, 0.25) is 0 Å². The third-order valence-corrected chi connectivity index (χ3v) is 2.74. The fourth-order valence-corrected chi connectivity index (χ4v) is 1.82. The third-order valence-electron chi connectivity index (χ3n) is 2.25. The van der Waals surface area contributed by atoms with E-state index in [1.807, 2.05) is 7.05 Å². The van der Waals surface area contributed by atoms with Crippen molar-refractivity contribution in [2.24, 2.45) is 0 Å². The summed E-state index contributed by atoms with van der Waals surface area (Å²) in [6.07, 6.45) is 0.209. The first kappa shape index (κ1) is 9.80. The third kappa shape index (κ3) is 2.01. The molecule has 0 aromatic heterocycles. The van der Waals surface area contributed by atoms with Gasteiger partial charge in [0.2, 0.25) is 0 Å². The maximum atomic E-state index is 9.51. The first-order chi connectivity index (χ1) is 6.65. The fraction of sp³-hybridized carbons (Fsp3) is 0.400. The van der Waals surface area contributed by atoms with Crippen molar-refractivity contribution in [1.82, 2.24) is 4.90 Å². The van der Waals surface area contributed by atoms with Crippen LogP contribution in [-0.2, 0) is 0 Å². The van der Waals surface area contributed by atoms with Crippen LogP contribution in [0.1, 0.15) is 0 Å². The van der Waals surface area contributed by atoms with E-state index in [0.717, 1.165) is 17.6 Å². The number of rotatable bonds is 2. The number of hydrogen-bond donors (Lipinski definition) is 1. The van der Waals surface area contributed by atoms with Crippen LogP contribution in [0.25, 0.3) is 0 Å². The van der Waals surface area contributed by atoms with Gasteiger partial charge in [0.05, 0.1) is 0 Å². The van der Waals surface area contributed by atoms with E-state index in [9.17, 15) is 5.11 Å². The molecule has 0 spiro atoms. The zero-order valence-electron chi connectivity index (χ0n) is 7.90. The zero-order valence-corrected chi connectivity index (χ0v) is 9.49. The highest BCUT2D eigenvalue weighted by molar-refractivity contribution is 9.10. The second-order valence-electron chi connectivity index (χ2n) is 3.57. The zero-order chi connectivity index (χ0) is 10.1. The van der Waals surface area contributed by atoms with Gasteiger partial charge in [0.1, 0.15) is 6.10 Å². The van der Waals surface area contributed by atoms with Gasteiger partial charge in [0.25, 0.3) is 0 Å². The first-order valence-electron chi connectivity index (χ1n) is 4.49. The normalized spacial score (nSPS) is 17.9. The van der Waals surface area contributed by atoms with Crippen LogP contribution in [0.15, 0.2) is 22.7 Å². The van der Waals surface area contributed by atoms with Crippen LogP contribution in [0.4, 0.5) is 0 Å². The van der Waals surface area contributed by atoms with Crippen molar-refractivity contribution in [2.45, 2.75) is 6.10 Å². The van der Waals surface area contributed by atoms with Crippen molar-refractivity contribution in [1.29, 1.82) is 0 Å². The summed E-state index contributed by atoms with van der Waals surface area (Å²) >= 11 is 3.34. The van der Waals surface area contributed by atoms with Crippen LogP contribution >= 0.6 is 15.9 Å². The number of halogens is 1. The molecule has 0 unspecified atom stereocenters. The molecule has 0 radical (unpaired) electrons. The van der Waals surface area contributed by atoms with Crippen molar-refractivity contribution in [3.63, 3.8) is 0 Å². The van der Waals surface area contributed by atoms with Gasteiger partial charge in [-0.25, -0.2) is 0 Å². The van der Waals surface area contributed by atoms with Gasteiger partial charge >= 0.3 is 0 Å². The topological polar surface area (TPSA) is 32.7 Å². The molecule has 3 nitrogen and oxygen atoms in total. The van der Waals surface area contributed by atoms with Gasteiger partial charge < -0.3 is 9.84 Å². The summed E-state index contributed by atoms with van der Waals surface area (Å²) in [5, 5.41) is 9.51. The molecule has 1 aromatic carbocycles. The number of ether oxygens (including phenoxy) is 1. The van der Waals surface area contributed by atoms with Gasteiger partial charge in [-0.1, -0.05) is 15.9 Å². The molecule has 1 heterocycles. The summed E-state index contributed by atoms with van der Waals surface area (Å²) in [5.41, 5.74) is 0. The molecule has 2 rings (SSSR count). The standard InChI is InChI=1S/C10H12BrNO2/c1-12-5-8(6-12)14-10-4-7(11)2-3-9(10)13/h2-4,8,13H,5-6H2,1H3. The molecule has 0 atom stereocenters. The van der Waals surface area contributed by atoms with Crippen LogP contribution in [0, 0.1) is 0 Å². The van der Waals surface area contributed by atoms with Gasteiger partial charge in [0, 0.05) is 17.6 Å². The maximum absolute atomic E-state index is 9.51. The molecule has 1 aromatic rings. The first-order valence-corrected chi connectivity index (χ1v) is 5.28. The van der Waals surface area contributed by atoms with Crippen molar-refractivity contribution in [2.75, 3.05) is 20.1 Å². The minimum absolute atomic E-state index is 0.197.